The standard InChI is InChI=1S/C23H28N4O5S/c1-26(16-7-10-31-11-8-16)21-20-19(9-12-33(20)29)24-23(25-21)27-13-18(14-27)32-22(28)15-3-5-17(30-2)6-4-15/h3-6,16,18H,7-14H2,1-2H3. The molecule has 0 N–H and O–H groups in total. The van der Waals surface area contributed by atoms with E-state index < -0.39 is 11.2 Å². The lowest BCUT2D eigenvalue weighted by Crippen LogP contribution is -2.54. The highest BCUT2D eigenvalue weighted by Crippen LogP contribution is 2.36. The van der Waals surface area contributed by atoms with Crippen LogP contribution in [0.5, 0.6) is 5.75 Å². The first-order chi connectivity index (χ1) is 16.0. The molecule has 1 aromatic carbocycles. The van der Waals surface area contributed by atoms with Gasteiger partial charge in [0.2, 0.25) is 10.8 Å². The second-order valence-corrected chi connectivity index (χ2v) is 10.0. The van der Waals surface area contributed by atoms with Crippen molar-refractivity contribution >= 4 is 28.9 Å². The quantitative estimate of drug-likeness (QED) is 0.460. The van der Waals surface area contributed by atoms with Gasteiger partial charge in [0, 0.05) is 32.7 Å². The third-order valence-electron chi connectivity index (χ3n) is 6.46. The Kier molecular flexibility index (Phi) is 6.31. The van der Waals surface area contributed by atoms with Gasteiger partial charge in [0.25, 0.3) is 0 Å². The van der Waals surface area contributed by atoms with E-state index in [2.05, 4.69) is 4.90 Å². The Morgan fingerprint density at radius 3 is 2.64 bits per heavy atom. The summed E-state index contributed by atoms with van der Waals surface area (Å²) in [6.07, 6.45) is 2.31. The van der Waals surface area contributed by atoms with Crippen molar-refractivity contribution in [1.82, 2.24) is 9.97 Å². The molecule has 176 valence electrons. The molecule has 2 saturated heterocycles. The van der Waals surface area contributed by atoms with Gasteiger partial charge in [0.15, 0.2) is 5.82 Å². The third kappa shape index (κ3) is 4.47. The zero-order valence-corrected chi connectivity index (χ0v) is 19.7. The maximum atomic E-state index is 12.7. The van der Waals surface area contributed by atoms with Gasteiger partial charge >= 0.3 is 5.97 Å². The van der Waals surface area contributed by atoms with Crippen molar-refractivity contribution in [2.75, 3.05) is 56.0 Å². The fourth-order valence-corrected chi connectivity index (χ4v) is 5.80. The molecule has 0 radical (unpaired) electrons. The molecule has 1 aromatic heterocycles. The summed E-state index contributed by atoms with van der Waals surface area (Å²) in [4.78, 5) is 26.9. The number of ether oxygens (including phenoxy) is 3. The Morgan fingerprint density at radius 2 is 1.94 bits per heavy atom. The van der Waals surface area contributed by atoms with Crippen molar-refractivity contribution in [2.45, 2.75) is 36.3 Å². The number of rotatable bonds is 6. The molecule has 1 atom stereocenters. The van der Waals surface area contributed by atoms with E-state index in [0.29, 0.717) is 48.6 Å². The van der Waals surface area contributed by atoms with Gasteiger partial charge in [0.05, 0.1) is 25.8 Å². The smallest absolute Gasteiger partial charge is 0.338 e. The highest BCUT2D eigenvalue weighted by molar-refractivity contribution is 7.91. The van der Waals surface area contributed by atoms with Gasteiger partial charge in [-0.05, 0) is 48.3 Å². The van der Waals surface area contributed by atoms with E-state index in [-0.39, 0.29) is 12.1 Å². The molecule has 0 aliphatic carbocycles. The van der Waals surface area contributed by atoms with E-state index in [1.165, 1.54) is 0 Å². The first-order valence-electron chi connectivity index (χ1n) is 11.2. The maximum Gasteiger partial charge on any atom is 0.338 e. The van der Waals surface area contributed by atoms with Crippen LogP contribution in [0.3, 0.4) is 0 Å². The van der Waals surface area contributed by atoms with Crippen molar-refractivity contribution in [2.24, 2.45) is 0 Å². The molecule has 10 heteroatoms. The molecule has 0 bridgehead atoms. The summed E-state index contributed by atoms with van der Waals surface area (Å²) in [5, 5.41) is 0. The van der Waals surface area contributed by atoms with Crippen LogP contribution in [-0.4, -0.2) is 78.8 Å². The fraction of sp³-hybridized carbons (Fsp3) is 0.522. The molecule has 0 amide bonds. The summed E-state index contributed by atoms with van der Waals surface area (Å²) in [5.41, 5.74) is 1.36. The Hall–Kier alpha value is -2.56. The first-order valence-corrected chi connectivity index (χ1v) is 12.5. The summed E-state index contributed by atoms with van der Waals surface area (Å²) >= 11 is -1.07. The molecule has 3 aliphatic heterocycles. The Bertz CT molecular complexity index is 1010. The number of anilines is 2. The topological polar surface area (TPSA) is 100 Å². The highest BCUT2D eigenvalue weighted by atomic mass is 32.2. The van der Waals surface area contributed by atoms with Gasteiger partial charge in [-0.25, -0.2) is 9.78 Å². The second kappa shape index (κ2) is 9.36. The number of nitrogens with zero attached hydrogens (tertiary/aromatic N) is 4. The minimum atomic E-state index is -1.07. The summed E-state index contributed by atoms with van der Waals surface area (Å²) in [5.74, 6) is 2.30. The van der Waals surface area contributed by atoms with Gasteiger partial charge in [-0.3, -0.25) is 0 Å². The van der Waals surface area contributed by atoms with Gasteiger partial charge < -0.3 is 28.6 Å². The van der Waals surface area contributed by atoms with Crippen LogP contribution in [-0.2, 0) is 27.1 Å². The monoisotopic (exact) mass is 472 g/mol. The molecule has 4 heterocycles. The predicted molar refractivity (Wildman–Crippen MR) is 124 cm³/mol. The van der Waals surface area contributed by atoms with Crippen LogP contribution in [0, 0.1) is 0 Å². The molecule has 33 heavy (non-hydrogen) atoms. The van der Waals surface area contributed by atoms with Gasteiger partial charge in [-0.15, -0.1) is 0 Å². The van der Waals surface area contributed by atoms with Crippen LogP contribution in [0.4, 0.5) is 11.8 Å². The number of esters is 1. The fourth-order valence-electron chi connectivity index (χ4n) is 4.41. The predicted octanol–water partition coefficient (Wildman–Crippen LogP) is 1.81. The summed E-state index contributed by atoms with van der Waals surface area (Å²) in [7, 11) is 3.61. The van der Waals surface area contributed by atoms with Gasteiger partial charge in [-0.1, -0.05) is 0 Å². The van der Waals surface area contributed by atoms with E-state index in [1.807, 2.05) is 11.9 Å². The molecule has 2 fully saturated rings. The molecule has 0 spiro atoms. The van der Waals surface area contributed by atoms with Crippen LogP contribution >= 0.6 is 0 Å². The summed E-state index contributed by atoms with van der Waals surface area (Å²) < 4.78 is 28.9. The zero-order valence-electron chi connectivity index (χ0n) is 18.9. The Labute approximate surface area is 196 Å². The summed E-state index contributed by atoms with van der Waals surface area (Å²) in [6.45, 7) is 2.52. The van der Waals surface area contributed by atoms with E-state index in [0.717, 1.165) is 42.5 Å². The first kappa shape index (κ1) is 22.2. The largest absolute Gasteiger partial charge is 0.611 e. The highest BCUT2D eigenvalue weighted by Gasteiger charge is 2.38. The van der Waals surface area contributed by atoms with E-state index in [1.54, 1.807) is 31.4 Å². The molecule has 2 aromatic rings. The minimum Gasteiger partial charge on any atom is -0.611 e. The van der Waals surface area contributed by atoms with Crippen molar-refractivity contribution in [3.05, 3.63) is 35.5 Å². The van der Waals surface area contributed by atoms with Gasteiger partial charge in [0.1, 0.15) is 23.3 Å². The molecule has 5 rings (SSSR count). The van der Waals surface area contributed by atoms with E-state index in [4.69, 9.17) is 24.2 Å². The van der Waals surface area contributed by atoms with Gasteiger partial charge in [-0.2, -0.15) is 4.98 Å². The number of methoxy groups -OCH3 is 1. The Morgan fingerprint density at radius 1 is 1.21 bits per heavy atom. The van der Waals surface area contributed by atoms with E-state index in [9.17, 15) is 9.35 Å². The second-order valence-electron chi connectivity index (χ2n) is 8.54. The molecular formula is C23H28N4O5S. The molecule has 0 saturated carbocycles. The van der Waals surface area contributed by atoms with Crippen LogP contribution in [0.25, 0.3) is 0 Å². The lowest BCUT2D eigenvalue weighted by Gasteiger charge is -2.39. The van der Waals surface area contributed by atoms with Crippen LogP contribution < -0.4 is 14.5 Å². The zero-order chi connectivity index (χ0) is 22.9. The number of fused-ring (bicyclic) bond motifs is 1. The van der Waals surface area contributed by atoms with Crippen molar-refractivity contribution in [3.63, 3.8) is 0 Å². The lowest BCUT2D eigenvalue weighted by molar-refractivity contribution is 0.0231. The lowest BCUT2D eigenvalue weighted by atomic mass is 10.1. The number of aryl methyl sites for hydroxylation is 1. The SMILES string of the molecule is COc1ccc(C(=O)OC2CN(c3nc4c(c(N(C)C5CCOCC5)n3)[S+]([O-])CC4)C2)cc1. The average molecular weight is 473 g/mol. The minimum absolute atomic E-state index is 0.220. The molecule has 9 nitrogen and oxygen atoms in total. The number of hydrogen-bond acceptors (Lipinski definition) is 9. The summed E-state index contributed by atoms with van der Waals surface area (Å²) in [6, 6.07) is 7.17. The van der Waals surface area contributed by atoms with Crippen molar-refractivity contribution < 1.29 is 23.6 Å². The molecular weight excluding hydrogens is 444 g/mol. The molecule has 1 unspecified atom stereocenters. The van der Waals surface area contributed by atoms with Crippen molar-refractivity contribution in [1.29, 1.82) is 0 Å². The number of carbonyl (C=O) groups excluding carboxylic acids is 1. The number of aromatic nitrogens is 2. The van der Waals surface area contributed by atoms with Crippen LogP contribution in [0.15, 0.2) is 29.2 Å². The Balaban J connectivity index is 1.28. The maximum absolute atomic E-state index is 12.7. The number of hydrogen-bond donors (Lipinski definition) is 0. The van der Waals surface area contributed by atoms with Crippen LogP contribution in [0.1, 0.15) is 28.9 Å². The van der Waals surface area contributed by atoms with E-state index >= 15 is 0 Å². The normalized spacial score (nSPS) is 20.8. The third-order valence-corrected chi connectivity index (χ3v) is 7.91. The molecule has 3 aliphatic rings. The van der Waals surface area contributed by atoms with Crippen LogP contribution in [0.2, 0.25) is 0 Å². The number of benzene rings is 1. The average Bonchev–Trinajstić information content (AvgIpc) is 3.21. The van der Waals surface area contributed by atoms with Crippen molar-refractivity contribution in [3.8, 4) is 5.75 Å². The number of carbonyl (C=O) groups is 1.